The van der Waals surface area contributed by atoms with Crippen molar-refractivity contribution in [3.63, 3.8) is 0 Å². The number of unbranched alkanes of at least 4 members (excludes halogenated alkanes) is 2. The van der Waals surface area contributed by atoms with Crippen molar-refractivity contribution >= 4 is 17.7 Å². The second-order valence-corrected chi connectivity index (χ2v) is 6.33. The Labute approximate surface area is 103 Å². The van der Waals surface area contributed by atoms with Gasteiger partial charge in [-0.2, -0.15) is 11.8 Å². The first-order chi connectivity index (χ1) is 7.65. The summed E-state index contributed by atoms with van der Waals surface area (Å²) in [5.41, 5.74) is 0. The molecule has 0 aromatic carbocycles. The average Bonchev–Trinajstić information content (AvgIpc) is 2.24. The van der Waals surface area contributed by atoms with Gasteiger partial charge in [-0.05, 0) is 37.4 Å². The van der Waals surface area contributed by atoms with Gasteiger partial charge in [0.15, 0.2) is 0 Å². The smallest absolute Gasteiger partial charge is 0.307 e. The van der Waals surface area contributed by atoms with Gasteiger partial charge < -0.3 is 5.11 Å². The molecule has 94 valence electrons. The minimum Gasteiger partial charge on any atom is -0.481 e. The standard InChI is InChI=1S/C13H24O2S/c1-3-4-5-8-16-12-9-10(2)6-7-11(12)13(14)15/h10-12H,3-9H2,1-2H3,(H,14,15). The van der Waals surface area contributed by atoms with E-state index in [-0.39, 0.29) is 5.92 Å². The Morgan fingerprint density at radius 2 is 2.12 bits per heavy atom. The van der Waals surface area contributed by atoms with Crippen molar-refractivity contribution in [2.45, 2.75) is 57.6 Å². The molecule has 0 aromatic heterocycles. The quantitative estimate of drug-likeness (QED) is 0.722. The summed E-state index contributed by atoms with van der Waals surface area (Å²) in [6.45, 7) is 4.45. The average molecular weight is 244 g/mol. The molecule has 16 heavy (non-hydrogen) atoms. The minimum absolute atomic E-state index is 0.0946. The molecule has 3 heteroatoms. The Bertz CT molecular complexity index is 218. The number of hydrogen-bond acceptors (Lipinski definition) is 2. The van der Waals surface area contributed by atoms with E-state index in [2.05, 4.69) is 13.8 Å². The highest BCUT2D eigenvalue weighted by Gasteiger charge is 2.33. The first-order valence-corrected chi connectivity index (χ1v) is 7.54. The lowest BCUT2D eigenvalue weighted by Crippen LogP contribution is -2.32. The fourth-order valence-electron chi connectivity index (χ4n) is 2.38. The van der Waals surface area contributed by atoms with Gasteiger partial charge in [-0.1, -0.05) is 26.7 Å². The molecule has 0 saturated heterocycles. The molecule has 0 heterocycles. The van der Waals surface area contributed by atoms with Gasteiger partial charge in [0, 0.05) is 5.25 Å². The third-order valence-electron chi connectivity index (χ3n) is 3.45. The second kappa shape index (κ2) is 7.21. The summed E-state index contributed by atoms with van der Waals surface area (Å²) in [6.07, 6.45) is 6.80. The number of hydrogen-bond donors (Lipinski definition) is 1. The van der Waals surface area contributed by atoms with Crippen LogP contribution in [0.1, 0.15) is 52.4 Å². The van der Waals surface area contributed by atoms with Crippen LogP contribution in [0, 0.1) is 11.8 Å². The van der Waals surface area contributed by atoms with Gasteiger partial charge in [-0.25, -0.2) is 0 Å². The molecular formula is C13H24O2S. The molecule has 1 aliphatic rings. The number of carboxylic acids is 1. The van der Waals surface area contributed by atoms with E-state index in [0.717, 1.165) is 25.0 Å². The Kier molecular flexibility index (Phi) is 6.25. The summed E-state index contributed by atoms with van der Waals surface area (Å²) < 4.78 is 0. The molecule has 3 unspecified atom stereocenters. The van der Waals surface area contributed by atoms with E-state index in [0.29, 0.717) is 11.2 Å². The molecule has 1 aliphatic carbocycles. The maximum Gasteiger partial charge on any atom is 0.307 e. The first-order valence-electron chi connectivity index (χ1n) is 6.49. The van der Waals surface area contributed by atoms with Crippen LogP contribution in [0.25, 0.3) is 0 Å². The van der Waals surface area contributed by atoms with Crippen molar-refractivity contribution in [1.82, 2.24) is 0 Å². The predicted molar refractivity (Wildman–Crippen MR) is 69.9 cm³/mol. The molecule has 0 spiro atoms. The van der Waals surface area contributed by atoms with Crippen molar-refractivity contribution in [3.05, 3.63) is 0 Å². The summed E-state index contributed by atoms with van der Waals surface area (Å²) in [4.78, 5) is 11.1. The van der Waals surface area contributed by atoms with E-state index in [1.54, 1.807) is 0 Å². The summed E-state index contributed by atoms with van der Waals surface area (Å²) in [5.74, 6) is 1.16. The highest BCUT2D eigenvalue weighted by molar-refractivity contribution is 7.99. The van der Waals surface area contributed by atoms with Crippen LogP contribution in [-0.2, 0) is 4.79 Å². The van der Waals surface area contributed by atoms with Crippen molar-refractivity contribution in [1.29, 1.82) is 0 Å². The monoisotopic (exact) mass is 244 g/mol. The number of aliphatic carboxylic acids is 1. The van der Waals surface area contributed by atoms with E-state index in [1.807, 2.05) is 11.8 Å². The van der Waals surface area contributed by atoms with Gasteiger partial charge in [0.2, 0.25) is 0 Å². The van der Waals surface area contributed by atoms with Crippen LogP contribution in [0.3, 0.4) is 0 Å². The SMILES string of the molecule is CCCCCSC1CC(C)CCC1C(=O)O. The fourth-order valence-corrected chi connectivity index (χ4v) is 4.01. The lowest BCUT2D eigenvalue weighted by molar-refractivity contribution is -0.142. The second-order valence-electron chi connectivity index (χ2n) is 4.98. The molecule has 1 rings (SSSR count). The Morgan fingerprint density at radius 1 is 1.38 bits per heavy atom. The highest BCUT2D eigenvalue weighted by atomic mass is 32.2. The van der Waals surface area contributed by atoms with Crippen LogP contribution in [0.2, 0.25) is 0 Å². The van der Waals surface area contributed by atoms with Crippen LogP contribution < -0.4 is 0 Å². The van der Waals surface area contributed by atoms with Gasteiger partial charge in [0.1, 0.15) is 0 Å². The van der Waals surface area contributed by atoms with Crippen LogP contribution in [-0.4, -0.2) is 22.1 Å². The highest BCUT2D eigenvalue weighted by Crippen LogP contribution is 2.37. The van der Waals surface area contributed by atoms with Gasteiger partial charge in [0.25, 0.3) is 0 Å². The molecule has 0 radical (unpaired) electrons. The maximum absolute atomic E-state index is 11.1. The summed E-state index contributed by atoms with van der Waals surface area (Å²) >= 11 is 1.90. The lowest BCUT2D eigenvalue weighted by Gasteiger charge is -2.31. The Hall–Kier alpha value is -0.180. The normalized spacial score (nSPS) is 30.2. The van der Waals surface area contributed by atoms with E-state index >= 15 is 0 Å². The molecule has 0 aliphatic heterocycles. The van der Waals surface area contributed by atoms with Crippen LogP contribution in [0.4, 0.5) is 0 Å². The number of carbonyl (C=O) groups is 1. The number of rotatable bonds is 6. The molecule has 2 nitrogen and oxygen atoms in total. The van der Waals surface area contributed by atoms with E-state index in [1.165, 1.54) is 19.3 Å². The minimum atomic E-state index is -0.583. The van der Waals surface area contributed by atoms with E-state index in [4.69, 9.17) is 0 Å². The third-order valence-corrected chi connectivity index (χ3v) is 4.92. The fraction of sp³-hybridized carbons (Fsp3) is 0.923. The Balaban J connectivity index is 2.35. The maximum atomic E-state index is 11.1. The third kappa shape index (κ3) is 4.36. The first kappa shape index (κ1) is 13.9. The van der Waals surface area contributed by atoms with Gasteiger partial charge in [-0.3, -0.25) is 4.79 Å². The van der Waals surface area contributed by atoms with E-state index in [9.17, 15) is 9.90 Å². The lowest BCUT2D eigenvalue weighted by atomic mass is 9.82. The van der Waals surface area contributed by atoms with Crippen molar-refractivity contribution in [2.75, 3.05) is 5.75 Å². The van der Waals surface area contributed by atoms with Crippen LogP contribution in [0.15, 0.2) is 0 Å². The number of thioether (sulfide) groups is 1. The molecule has 0 aromatic rings. The topological polar surface area (TPSA) is 37.3 Å². The molecule has 3 atom stereocenters. The van der Waals surface area contributed by atoms with Gasteiger partial charge in [-0.15, -0.1) is 0 Å². The molecule has 1 fully saturated rings. The zero-order valence-electron chi connectivity index (χ0n) is 10.4. The molecule has 0 amide bonds. The largest absolute Gasteiger partial charge is 0.481 e. The van der Waals surface area contributed by atoms with E-state index < -0.39 is 5.97 Å². The molecule has 0 bridgehead atoms. The van der Waals surface area contributed by atoms with Crippen molar-refractivity contribution < 1.29 is 9.90 Å². The van der Waals surface area contributed by atoms with Crippen LogP contribution in [0.5, 0.6) is 0 Å². The van der Waals surface area contributed by atoms with Crippen molar-refractivity contribution in [3.8, 4) is 0 Å². The van der Waals surface area contributed by atoms with Gasteiger partial charge >= 0.3 is 5.97 Å². The Morgan fingerprint density at radius 3 is 2.75 bits per heavy atom. The summed E-state index contributed by atoms with van der Waals surface area (Å²) in [6, 6.07) is 0. The summed E-state index contributed by atoms with van der Waals surface area (Å²) in [7, 11) is 0. The predicted octanol–water partition coefficient (Wildman–Crippen LogP) is 3.80. The van der Waals surface area contributed by atoms with Gasteiger partial charge in [0.05, 0.1) is 5.92 Å². The molecular weight excluding hydrogens is 220 g/mol. The zero-order valence-corrected chi connectivity index (χ0v) is 11.3. The van der Waals surface area contributed by atoms with Crippen molar-refractivity contribution in [2.24, 2.45) is 11.8 Å². The summed E-state index contributed by atoms with van der Waals surface area (Å²) in [5, 5.41) is 9.54. The molecule has 1 saturated carbocycles. The molecule has 1 N–H and O–H groups in total. The zero-order chi connectivity index (χ0) is 12.0. The van der Waals surface area contributed by atoms with Crippen LogP contribution >= 0.6 is 11.8 Å². The number of carboxylic acid groups (broad SMARTS) is 1.